The largest absolute Gasteiger partial charge is 0.396 e. The van der Waals surface area contributed by atoms with Crippen molar-refractivity contribution >= 4 is 22.5 Å². The number of benzene rings is 1. The zero-order valence-corrected chi connectivity index (χ0v) is 11.9. The molecule has 0 aromatic heterocycles. The first-order valence-electron chi connectivity index (χ1n) is 6.24. The number of carbonyl (C=O) groups is 1. The monoisotopic (exact) mass is 300 g/mol. The van der Waals surface area contributed by atoms with Crippen molar-refractivity contribution in [3.8, 4) is 0 Å². The van der Waals surface area contributed by atoms with Crippen molar-refractivity contribution in [2.45, 2.75) is 17.7 Å². The van der Waals surface area contributed by atoms with Gasteiger partial charge in [-0.3, -0.25) is 4.21 Å². The minimum absolute atomic E-state index is 0.0545. The highest BCUT2D eigenvalue weighted by Gasteiger charge is 2.42. The molecule has 2 rings (SSSR count). The summed E-state index contributed by atoms with van der Waals surface area (Å²) in [6, 6.07) is 3.57. The number of anilines is 1. The van der Waals surface area contributed by atoms with Crippen molar-refractivity contribution in [3.63, 3.8) is 0 Å². The molecule has 0 bridgehead atoms. The summed E-state index contributed by atoms with van der Waals surface area (Å²) in [4.78, 5) is 11.8. The minimum Gasteiger partial charge on any atom is -0.396 e. The van der Waals surface area contributed by atoms with Gasteiger partial charge in [-0.25, -0.2) is 9.18 Å². The lowest BCUT2D eigenvalue weighted by atomic mass is 10.1. The van der Waals surface area contributed by atoms with E-state index in [1.54, 1.807) is 0 Å². The third-order valence-corrected chi connectivity index (χ3v) is 4.37. The average Bonchev–Trinajstić information content (AvgIpc) is 3.17. The molecule has 1 aliphatic rings. The molecule has 0 spiro atoms. The minimum atomic E-state index is -1.40. The zero-order valence-electron chi connectivity index (χ0n) is 11.1. The number of nitrogens with one attached hydrogen (secondary N) is 2. The number of urea groups is 1. The van der Waals surface area contributed by atoms with Gasteiger partial charge in [0, 0.05) is 23.9 Å². The molecule has 1 saturated carbocycles. The van der Waals surface area contributed by atoms with Crippen LogP contribution in [0.4, 0.5) is 14.9 Å². The Morgan fingerprint density at radius 2 is 2.20 bits per heavy atom. The molecular formula is C13H17FN2O3S. The molecule has 3 N–H and O–H groups in total. The molecule has 0 heterocycles. The molecule has 0 radical (unpaired) electrons. The first kappa shape index (κ1) is 14.9. The lowest BCUT2D eigenvalue weighted by Gasteiger charge is -2.13. The van der Waals surface area contributed by atoms with Crippen molar-refractivity contribution in [2.24, 2.45) is 5.41 Å². The maximum Gasteiger partial charge on any atom is 0.319 e. The van der Waals surface area contributed by atoms with Crippen LogP contribution in [0.3, 0.4) is 0 Å². The number of aliphatic hydroxyl groups is 1. The number of halogens is 1. The zero-order chi connectivity index (χ0) is 14.8. The Hall–Kier alpha value is -1.47. The molecule has 0 saturated heterocycles. The summed E-state index contributed by atoms with van der Waals surface area (Å²) in [5.74, 6) is -0.613. The molecule has 1 atom stereocenters. The van der Waals surface area contributed by atoms with E-state index in [-0.39, 0.29) is 16.9 Å². The Morgan fingerprint density at radius 3 is 2.70 bits per heavy atom. The van der Waals surface area contributed by atoms with Gasteiger partial charge >= 0.3 is 6.03 Å². The Labute approximate surface area is 119 Å². The number of rotatable bonds is 5. The van der Waals surface area contributed by atoms with Gasteiger partial charge in [0.2, 0.25) is 0 Å². The molecule has 110 valence electrons. The van der Waals surface area contributed by atoms with Gasteiger partial charge in [0.15, 0.2) is 0 Å². The molecule has 0 aliphatic heterocycles. The SMILES string of the molecule is CS(=O)c1ccc(NC(=O)NCC2(CO)CC2)cc1F. The summed E-state index contributed by atoms with van der Waals surface area (Å²) >= 11 is 0. The lowest BCUT2D eigenvalue weighted by Crippen LogP contribution is -2.35. The van der Waals surface area contributed by atoms with E-state index in [4.69, 9.17) is 5.11 Å². The molecule has 1 unspecified atom stereocenters. The number of carbonyl (C=O) groups excluding carboxylic acids is 1. The molecule has 5 nitrogen and oxygen atoms in total. The van der Waals surface area contributed by atoms with E-state index in [2.05, 4.69) is 10.6 Å². The van der Waals surface area contributed by atoms with Gasteiger partial charge in [-0.05, 0) is 31.0 Å². The van der Waals surface area contributed by atoms with E-state index in [0.29, 0.717) is 12.2 Å². The quantitative estimate of drug-likeness (QED) is 0.770. The summed E-state index contributed by atoms with van der Waals surface area (Å²) < 4.78 is 24.8. The smallest absolute Gasteiger partial charge is 0.319 e. The first-order valence-corrected chi connectivity index (χ1v) is 7.80. The second kappa shape index (κ2) is 5.88. The average molecular weight is 300 g/mol. The Bertz CT molecular complexity index is 546. The normalized spacial score (nSPS) is 17.4. The predicted molar refractivity (Wildman–Crippen MR) is 74.5 cm³/mol. The fourth-order valence-electron chi connectivity index (χ4n) is 1.82. The Kier molecular flexibility index (Phi) is 4.39. The number of aliphatic hydroxyl groups excluding tert-OH is 1. The van der Waals surface area contributed by atoms with E-state index in [1.807, 2.05) is 0 Å². The first-order chi connectivity index (χ1) is 9.46. The standard InChI is InChI=1S/C13H17FN2O3S/c1-20(19)11-3-2-9(6-10(11)14)16-12(18)15-7-13(8-17)4-5-13/h2-3,6,17H,4-5,7-8H2,1H3,(H2,15,16,18). The predicted octanol–water partition coefficient (Wildman–Crippen LogP) is 1.46. The van der Waals surface area contributed by atoms with E-state index < -0.39 is 22.6 Å². The second-order valence-electron chi connectivity index (χ2n) is 5.07. The molecular weight excluding hydrogens is 283 g/mol. The van der Waals surface area contributed by atoms with E-state index in [9.17, 15) is 13.4 Å². The summed E-state index contributed by atoms with van der Waals surface area (Å²) in [6.07, 6.45) is 3.19. The molecule has 20 heavy (non-hydrogen) atoms. The van der Waals surface area contributed by atoms with Crippen molar-refractivity contribution in [1.29, 1.82) is 0 Å². The van der Waals surface area contributed by atoms with Gasteiger partial charge in [-0.2, -0.15) is 0 Å². The van der Waals surface area contributed by atoms with Gasteiger partial charge in [0.25, 0.3) is 0 Å². The van der Waals surface area contributed by atoms with Crippen LogP contribution in [0.1, 0.15) is 12.8 Å². The molecule has 2 amide bonds. The molecule has 1 fully saturated rings. The van der Waals surface area contributed by atoms with Crippen LogP contribution in [0.2, 0.25) is 0 Å². The molecule has 1 aliphatic carbocycles. The molecule has 1 aromatic rings. The Balaban J connectivity index is 1.91. The van der Waals surface area contributed by atoms with Gasteiger partial charge in [-0.15, -0.1) is 0 Å². The second-order valence-corrected chi connectivity index (χ2v) is 6.41. The number of hydrogen-bond acceptors (Lipinski definition) is 3. The molecule has 1 aromatic carbocycles. The fraction of sp³-hybridized carbons (Fsp3) is 0.462. The lowest BCUT2D eigenvalue weighted by molar-refractivity contribution is 0.206. The van der Waals surface area contributed by atoms with Crippen LogP contribution in [0.25, 0.3) is 0 Å². The van der Waals surface area contributed by atoms with Gasteiger partial charge in [0.05, 0.1) is 22.3 Å². The van der Waals surface area contributed by atoms with E-state index in [0.717, 1.165) is 18.9 Å². The van der Waals surface area contributed by atoms with Crippen molar-refractivity contribution in [3.05, 3.63) is 24.0 Å². The van der Waals surface area contributed by atoms with Crippen molar-refractivity contribution in [1.82, 2.24) is 5.32 Å². The summed E-state index contributed by atoms with van der Waals surface area (Å²) in [5.41, 5.74) is 0.119. The van der Waals surface area contributed by atoms with Crippen LogP contribution in [-0.2, 0) is 10.8 Å². The van der Waals surface area contributed by atoms with Crippen LogP contribution in [0, 0.1) is 11.2 Å². The van der Waals surface area contributed by atoms with Crippen LogP contribution < -0.4 is 10.6 Å². The van der Waals surface area contributed by atoms with Crippen LogP contribution in [-0.4, -0.2) is 34.8 Å². The number of amides is 2. The topological polar surface area (TPSA) is 78.4 Å². The maximum absolute atomic E-state index is 13.6. The number of hydrogen-bond donors (Lipinski definition) is 3. The highest BCUT2D eigenvalue weighted by Crippen LogP contribution is 2.44. The molecule has 7 heteroatoms. The third-order valence-electron chi connectivity index (χ3n) is 3.42. The third kappa shape index (κ3) is 3.55. The Morgan fingerprint density at radius 1 is 1.50 bits per heavy atom. The van der Waals surface area contributed by atoms with Crippen LogP contribution >= 0.6 is 0 Å². The highest BCUT2D eigenvalue weighted by molar-refractivity contribution is 7.84. The van der Waals surface area contributed by atoms with Crippen LogP contribution in [0.5, 0.6) is 0 Å². The maximum atomic E-state index is 13.6. The summed E-state index contributed by atoms with van der Waals surface area (Å²) in [6.45, 7) is 0.452. The van der Waals surface area contributed by atoms with Gasteiger partial charge in [0.1, 0.15) is 5.82 Å². The summed E-state index contributed by atoms with van der Waals surface area (Å²) in [5, 5.41) is 14.3. The fourth-order valence-corrected chi connectivity index (χ4v) is 2.42. The summed E-state index contributed by atoms with van der Waals surface area (Å²) in [7, 11) is -1.40. The van der Waals surface area contributed by atoms with Crippen molar-refractivity contribution < 1.29 is 18.5 Å². The van der Waals surface area contributed by atoms with Gasteiger partial charge < -0.3 is 15.7 Å². The van der Waals surface area contributed by atoms with Crippen molar-refractivity contribution in [2.75, 3.05) is 24.7 Å². The van der Waals surface area contributed by atoms with Gasteiger partial charge in [-0.1, -0.05) is 0 Å². The van der Waals surface area contributed by atoms with E-state index >= 15 is 0 Å². The van der Waals surface area contributed by atoms with Crippen LogP contribution in [0.15, 0.2) is 23.1 Å². The highest BCUT2D eigenvalue weighted by atomic mass is 32.2. The van der Waals surface area contributed by atoms with E-state index in [1.165, 1.54) is 18.4 Å².